The number of carbonyl (C=O) groups is 3. The molecule has 0 aliphatic heterocycles. The van der Waals surface area contributed by atoms with Crippen molar-refractivity contribution in [2.45, 2.75) is 19.8 Å². The van der Waals surface area contributed by atoms with E-state index in [9.17, 15) is 19.5 Å². The molecule has 2 aliphatic rings. The Morgan fingerprint density at radius 3 is 2.19 bits per heavy atom. The van der Waals surface area contributed by atoms with Crippen molar-refractivity contribution in [3.8, 4) is 0 Å². The molecule has 1 N–H and O–H groups in total. The molecule has 0 saturated heterocycles. The summed E-state index contributed by atoms with van der Waals surface area (Å²) in [5.74, 6) is -1.31. The maximum atomic E-state index is 12.7. The first kappa shape index (κ1) is 13.9. The van der Waals surface area contributed by atoms with E-state index in [4.69, 9.17) is 0 Å². The van der Waals surface area contributed by atoms with E-state index in [2.05, 4.69) is 0 Å². The summed E-state index contributed by atoms with van der Waals surface area (Å²) in [6, 6.07) is 6.73. The summed E-state index contributed by atoms with van der Waals surface area (Å²) in [6.45, 7) is 1.58. The van der Waals surface area contributed by atoms with Gasteiger partial charge < -0.3 is 5.11 Å². The number of fused-ring (bicyclic) bond motifs is 1. The standard InChI is InChI=1S/C17H16O4/c1-9-13(19)8-10(6-7-18)15-14(9)16(20)11-4-2-3-5-12(11)17(15)21/h2-5,9-10,18H,6-8H2,1H3. The molecule has 0 saturated carbocycles. The molecule has 1 aromatic rings. The lowest BCUT2D eigenvalue weighted by Gasteiger charge is -2.33. The van der Waals surface area contributed by atoms with Crippen molar-refractivity contribution >= 4 is 17.3 Å². The molecule has 2 atom stereocenters. The second kappa shape index (κ2) is 5.04. The summed E-state index contributed by atoms with van der Waals surface area (Å²) >= 11 is 0. The van der Waals surface area contributed by atoms with Crippen LogP contribution in [0.4, 0.5) is 0 Å². The van der Waals surface area contributed by atoms with E-state index in [1.165, 1.54) is 0 Å². The van der Waals surface area contributed by atoms with Crippen molar-refractivity contribution in [2.75, 3.05) is 6.61 Å². The molecule has 0 fully saturated rings. The SMILES string of the molecule is CC1C(=O)CC(CCO)C2=C1C(=O)c1ccccc1C2=O. The van der Waals surface area contributed by atoms with Gasteiger partial charge in [0.05, 0.1) is 0 Å². The van der Waals surface area contributed by atoms with Gasteiger partial charge in [-0.1, -0.05) is 31.2 Å². The van der Waals surface area contributed by atoms with E-state index >= 15 is 0 Å². The molecule has 4 nitrogen and oxygen atoms in total. The van der Waals surface area contributed by atoms with Crippen LogP contribution >= 0.6 is 0 Å². The third kappa shape index (κ3) is 1.98. The van der Waals surface area contributed by atoms with Gasteiger partial charge in [-0.15, -0.1) is 0 Å². The van der Waals surface area contributed by atoms with Gasteiger partial charge in [-0.2, -0.15) is 0 Å². The average molecular weight is 284 g/mol. The van der Waals surface area contributed by atoms with Crippen LogP contribution in [0.3, 0.4) is 0 Å². The van der Waals surface area contributed by atoms with Gasteiger partial charge in [0.25, 0.3) is 0 Å². The Morgan fingerprint density at radius 1 is 1.05 bits per heavy atom. The quantitative estimate of drug-likeness (QED) is 0.901. The van der Waals surface area contributed by atoms with Crippen molar-refractivity contribution in [2.24, 2.45) is 11.8 Å². The summed E-state index contributed by atoms with van der Waals surface area (Å²) in [7, 11) is 0. The van der Waals surface area contributed by atoms with Crippen molar-refractivity contribution in [3.63, 3.8) is 0 Å². The third-order valence-corrected chi connectivity index (χ3v) is 4.45. The van der Waals surface area contributed by atoms with Crippen molar-refractivity contribution in [1.82, 2.24) is 0 Å². The number of hydrogen-bond donors (Lipinski definition) is 1. The van der Waals surface area contributed by atoms with E-state index < -0.39 is 5.92 Å². The second-order valence-corrected chi connectivity index (χ2v) is 5.63. The third-order valence-electron chi connectivity index (χ3n) is 4.45. The number of Topliss-reactive ketones (excluding diaryl/α,β-unsaturated/α-hetero) is 3. The molecule has 0 bridgehead atoms. The van der Waals surface area contributed by atoms with Crippen LogP contribution in [-0.4, -0.2) is 29.1 Å². The van der Waals surface area contributed by atoms with Gasteiger partial charge in [0.1, 0.15) is 5.78 Å². The van der Waals surface area contributed by atoms with Gasteiger partial charge >= 0.3 is 0 Å². The predicted molar refractivity (Wildman–Crippen MR) is 76.1 cm³/mol. The first-order chi connectivity index (χ1) is 10.1. The monoisotopic (exact) mass is 284 g/mol. The lowest BCUT2D eigenvalue weighted by Crippen LogP contribution is -2.37. The van der Waals surface area contributed by atoms with E-state index in [0.717, 1.165) is 0 Å². The topological polar surface area (TPSA) is 71.4 Å². The minimum atomic E-state index is -0.542. The Balaban J connectivity index is 2.21. The fraction of sp³-hybridized carbons (Fsp3) is 0.353. The summed E-state index contributed by atoms with van der Waals surface area (Å²) < 4.78 is 0. The fourth-order valence-electron chi connectivity index (χ4n) is 3.33. The fourth-order valence-corrected chi connectivity index (χ4v) is 3.33. The number of allylic oxidation sites excluding steroid dienone is 2. The summed E-state index contributed by atoms with van der Waals surface area (Å²) in [5.41, 5.74) is 1.57. The van der Waals surface area contributed by atoms with Crippen LogP contribution in [0.1, 0.15) is 40.5 Å². The van der Waals surface area contributed by atoms with Crippen molar-refractivity contribution in [3.05, 3.63) is 46.5 Å². The van der Waals surface area contributed by atoms with Gasteiger partial charge in [-0.3, -0.25) is 14.4 Å². The first-order valence-electron chi connectivity index (χ1n) is 7.12. The van der Waals surface area contributed by atoms with Gasteiger partial charge in [-0.25, -0.2) is 0 Å². The normalized spacial score (nSPS) is 25.0. The number of benzene rings is 1. The average Bonchev–Trinajstić information content (AvgIpc) is 2.48. The van der Waals surface area contributed by atoms with Crippen LogP contribution in [0.15, 0.2) is 35.4 Å². The van der Waals surface area contributed by atoms with Crippen molar-refractivity contribution < 1.29 is 19.5 Å². The second-order valence-electron chi connectivity index (χ2n) is 5.63. The Hall–Kier alpha value is -2.07. The number of rotatable bonds is 2. The van der Waals surface area contributed by atoms with Crippen LogP contribution in [0.5, 0.6) is 0 Å². The zero-order valence-electron chi connectivity index (χ0n) is 11.8. The summed E-state index contributed by atoms with van der Waals surface area (Å²) in [6.07, 6.45) is 0.556. The number of ketones is 3. The largest absolute Gasteiger partial charge is 0.396 e. The minimum Gasteiger partial charge on any atom is -0.396 e. The zero-order valence-corrected chi connectivity index (χ0v) is 11.8. The summed E-state index contributed by atoms with van der Waals surface area (Å²) in [5, 5.41) is 9.18. The molecule has 2 aliphatic carbocycles. The van der Waals surface area contributed by atoms with E-state index in [1.54, 1.807) is 31.2 Å². The molecule has 1 aromatic carbocycles. The van der Waals surface area contributed by atoms with Crippen LogP contribution in [-0.2, 0) is 4.79 Å². The molecule has 3 rings (SSSR count). The number of aliphatic hydroxyl groups is 1. The maximum absolute atomic E-state index is 12.7. The van der Waals surface area contributed by atoms with E-state index in [0.29, 0.717) is 28.7 Å². The van der Waals surface area contributed by atoms with Gasteiger partial charge in [0, 0.05) is 41.2 Å². The lowest BCUT2D eigenvalue weighted by molar-refractivity contribution is -0.122. The highest BCUT2D eigenvalue weighted by Crippen LogP contribution is 2.41. The molecule has 0 radical (unpaired) electrons. The van der Waals surface area contributed by atoms with Crippen LogP contribution in [0.25, 0.3) is 0 Å². The van der Waals surface area contributed by atoms with Crippen LogP contribution in [0.2, 0.25) is 0 Å². The Kier molecular flexibility index (Phi) is 3.33. The molecule has 108 valence electrons. The Bertz CT molecular complexity index is 684. The molecule has 4 heteroatoms. The predicted octanol–water partition coefficient (Wildman–Crippen LogP) is 1.97. The number of carbonyl (C=O) groups excluding carboxylic acids is 3. The van der Waals surface area contributed by atoms with E-state index in [-0.39, 0.29) is 36.3 Å². The summed E-state index contributed by atoms with van der Waals surface area (Å²) in [4.78, 5) is 37.5. The first-order valence-corrected chi connectivity index (χ1v) is 7.12. The number of aliphatic hydroxyl groups excluding tert-OH is 1. The van der Waals surface area contributed by atoms with Gasteiger partial charge in [-0.05, 0) is 12.3 Å². The Labute approximate surface area is 122 Å². The Morgan fingerprint density at radius 2 is 1.62 bits per heavy atom. The molecule has 0 amide bonds. The molecule has 0 aromatic heterocycles. The molecule has 0 heterocycles. The molecule has 0 spiro atoms. The highest BCUT2D eigenvalue weighted by atomic mass is 16.3. The van der Waals surface area contributed by atoms with E-state index in [1.807, 2.05) is 0 Å². The molecular formula is C17H16O4. The highest BCUT2D eigenvalue weighted by molar-refractivity contribution is 6.29. The molecule has 21 heavy (non-hydrogen) atoms. The lowest BCUT2D eigenvalue weighted by atomic mass is 9.67. The molecular weight excluding hydrogens is 268 g/mol. The minimum absolute atomic E-state index is 0.0345. The van der Waals surface area contributed by atoms with Crippen molar-refractivity contribution in [1.29, 1.82) is 0 Å². The van der Waals surface area contributed by atoms with Gasteiger partial charge in [0.15, 0.2) is 11.6 Å². The highest BCUT2D eigenvalue weighted by Gasteiger charge is 2.43. The van der Waals surface area contributed by atoms with Crippen LogP contribution < -0.4 is 0 Å². The zero-order chi connectivity index (χ0) is 15.1. The maximum Gasteiger partial charge on any atom is 0.190 e. The van der Waals surface area contributed by atoms with Crippen LogP contribution in [0, 0.1) is 11.8 Å². The van der Waals surface area contributed by atoms with Gasteiger partial charge in [0.2, 0.25) is 0 Å². The number of hydrogen-bond acceptors (Lipinski definition) is 4. The smallest absolute Gasteiger partial charge is 0.190 e. The molecule has 2 unspecified atom stereocenters.